The molecule has 0 unspecified atom stereocenters. The molecular weight excluding hydrogens is 288 g/mol. The average Bonchev–Trinajstić information content (AvgIpc) is 2.93. The van der Waals surface area contributed by atoms with E-state index < -0.39 is 10.0 Å². The third-order valence-corrected chi connectivity index (χ3v) is 3.45. The molecular formula is C10H10N4O5S. The molecule has 2 rings (SSSR count). The Morgan fingerprint density at radius 3 is 2.30 bits per heavy atom. The zero-order chi connectivity index (χ0) is 15.0. The van der Waals surface area contributed by atoms with Crippen LogP contribution in [0.4, 0.5) is 0 Å². The summed E-state index contributed by atoms with van der Waals surface area (Å²) in [5.74, 6) is 0.795. The number of H-pyrrole nitrogens is 1. The molecule has 9 nitrogen and oxygen atoms in total. The monoisotopic (exact) mass is 298 g/mol. The van der Waals surface area contributed by atoms with E-state index in [4.69, 9.17) is 14.3 Å². The maximum atomic E-state index is 11.4. The van der Waals surface area contributed by atoms with Gasteiger partial charge in [0.15, 0.2) is 0 Å². The normalized spacial score (nSPS) is 10.1. The smallest absolute Gasteiger partial charge is 0.373 e. The fourth-order valence-corrected chi connectivity index (χ4v) is 1.90. The summed E-state index contributed by atoms with van der Waals surface area (Å²) in [7, 11) is -2.06. The van der Waals surface area contributed by atoms with Crippen molar-refractivity contribution in [1.82, 2.24) is 20.1 Å². The molecule has 1 heterocycles. The number of rotatable bonds is 4. The number of aromatic amines is 1. The number of nitrogens with zero attached hydrogens (tertiary/aromatic N) is 2. The van der Waals surface area contributed by atoms with Crippen LogP contribution in [0.25, 0.3) is 0 Å². The van der Waals surface area contributed by atoms with Crippen molar-refractivity contribution in [2.45, 2.75) is 4.90 Å². The number of carbonyl (C=O) groups excluding carboxylic acids is 2. The number of hydrogen-bond donors (Lipinski definition) is 2. The molecule has 1 aromatic heterocycles. The molecule has 2 N–H and O–H groups in total. The molecule has 0 amide bonds. The van der Waals surface area contributed by atoms with Gasteiger partial charge in [0.25, 0.3) is 5.88 Å². The van der Waals surface area contributed by atoms with Crippen molar-refractivity contribution in [1.29, 1.82) is 0 Å². The predicted octanol–water partition coefficient (Wildman–Crippen LogP) is -0.0784. The van der Waals surface area contributed by atoms with Crippen molar-refractivity contribution < 1.29 is 22.7 Å². The summed E-state index contributed by atoms with van der Waals surface area (Å²) in [5, 5.41) is 9.70. The largest absolute Gasteiger partial charge is 0.436 e. The molecule has 2 aromatic rings. The molecule has 0 saturated heterocycles. The lowest BCUT2D eigenvalue weighted by molar-refractivity contribution is -0.191. The Kier molecular flexibility index (Phi) is 5.54. The van der Waals surface area contributed by atoms with E-state index in [2.05, 4.69) is 20.1 Å². The van der Waals surface area contributed by atoms with E-state index in [1.807, 2.05) is 0 Å². The summed E-state index contributed by atoms with van der Waals surface area (Å²) in [6.45, 7) is 0. The Balaban J connectivity index is 0.000000612. The van der Waals surface area contributed by atoms with E-state index in [1.165, 1.54) is 25.4 Å². The zero-order valence-corrected chi connectivity index (χ0v) is 11.0. The van der Waals surface area contributed by atoms with E-state index in [-0.39, 0.29) is 11.0 Å². The minimum atomic E-state index is -3.42. The Labute approximate surface area is 114 Å². The zero-order valence-electron chi connectivity index (χ0n) is 10.2. The standard InChI is InChI=1S/C9H10N4O3S.CO2/c1-10-17(14,15)8-4-2-7(3-5-8)16-9-6-11-13-12-9;2-1-3/h2-6,10H,1H3,(H,11,12,13);. The van der Waals surface area contributed by atoms with Gasteiger partial charge in [-0.3, -0.25) is 0 Å². The van der Waals surface area contributed by atoms with E-state index in [0.717, 1.165) is 0 Å². The highest BCUT2D eigenvalue weighted by Gasteiger charge is 2.10. The number of nitrogens with one attached hydrogen (secondary N) is 2. The Morgan fingerprint density at radius 2 is 1.85 bits per heavy atom. The molecule has 106 valence electrons. The Morgan fingerprint density at radius 1 is 1.25 bits per heavy atom. The lowest BCUT2D eigenvalue weighted by Crippen LogP contribution is -2.18. The molecule has 0 radical (unpaired) electrons. The van der Waals surface area contributed by atoms with Crippen LogP contribution in [0.2, 0.25) is 0 Å². The van der Waals surface area contributed by atoms with Gasteiger partial charge in [0.05, 0.1) is 4.90 Å². The van der Waals surface area contributed by atoms with Gasteiger partial charge in [0.1, 0.15) is 11.9 Å². The summed E-state index contributed by atoms with van der Waals surface area (Å²) in [6, 6.07) is 5.97. The maximum Gasteiger partial charge on any atom is 0.373 e. The van der Waals surface area contributed by atoms with Gasteiger partial charge in [-0.15, -0.1) is 5.10 Å². The van der Waals surface area contributed by atoms with Crippen LogP contribution in [0.5, 0.6) is 11.6 Å². The van der Waals surface area contributed by atoms with Gasteiger partial charge in [0.2, 0.25) is 10.0 Å². The third kappa shape index (κ3) is 4.28. The number of benzene rings is 1. The second kappa shape index (κ2) is 7.14. The van der Waals surface area contributed by atoms with E-state index in [0.29, 0.717) is 11.6 Å². The Hall–Kier alpha value is -2.55. The molecule has 0 atom stereocenters. The van der Waals surface area contributed by atoms with Crippen molar-refractivity contribution in [3.05, 3.63) is 30.5 Å². The quantitative estimate of drug-likeness (QED) is 0.807. The van der Waals surface area contributed by atoms with Crippen LogP contribution in [-0.4, -0.2) is 37.0 Å². The number of ether oxygens (including phenoxy) is 1. The van der Waals surface area contributed by atoms with E-state index >= 15 is 0 Å². The summed E-state index contributed by atoms with van der Waals surface area (Å²) in [6.07, 6.45) is 1.66. The van der Waals surface area contributed by atoms with Gasteiger partial charge in [-0.05, 0) is 31.3 Å². The highest BCUT2D eigenvalue weighted by atomic mass is 32.2. The van der Waals surface area contributed by atoms with Crippen LogP contribution in [0.15, 0.2) is 35.4 Å². The van der Waals surface area contributed by atoms with Crippen LogP contribution >= 0.6 is 0 Å². The van der Waals surface area contributed by atoms with Gasteiger partial charge in [-0.25, -0.2) is 13.1 Å². The third-order valence-electron chi connectivity index (χ3n) is 2.02. The minimum absolute atomic E-state index is 0.174. The highest BCUT2D eigenvalue weighted by Crippen LogP contribution is 2.20. The number of sulfonamides is 1. The van der Waals surface area contributed by atoms with Crippen molar-refractivity contribution in [3.8, 4) is 11.6 Å². The molecule has 0 bridgehead atoms. The van der Waals surface area contributed by atoms with Crippen molar-refractivity contribution in [2.75, 3.05) is 7.05 Å². The van der Waals surface area contributed by atoms with Gasteiger partial charge < -0.3 is 4.74 Å². The first-order chi connectivity index (χ1) is 9.53. The molecule has 0 spiro atoms. The van der Waals surface area contributed by atoms with E-state index in [9.17, 15) is 8.42 Å². The molecule has 0 saturated carbocycles. The van der Waals surface area contributed by atoms with Crippen molar-refractivity contribution in [2.24, 2.45) is 0 Å². The van der Waals surface area contributed by atoms with Crippen LogP contribution in [0.3, 0.4) is 0 Å². The molecule has 0 aliphatic carbocycles. The summed E-state index contributed by atoms with van der Waals surface area (Å²) in [4.78, 5) is 16.4. The average molecular weight is 298 g/mol. The van der Waals surface area contributed by atoms with Crippen LogP contribution < -0.4 is 9.46 Å². The fraction of sp³-hybridized carbons (Fsp3) is 0.100. The first-order valence-electron chi connectivity index (χ1n) is 5.10. The molecule has 10 heteroatoms. The number of hydrogen-bond acceptors (Lipinski definition) is 7. The van der Waals surface area contributed by atoms with Gasteiger partial charge in [-0.1, -0.05) is 0 Å². The fourth-order valence-electron chi connectivity index (χ4n) is 1.17. The molecule has 1 aromatic carbocycles. The second-order valence-corrected chi connectivity index (χ2v) is 5.06. The topological polar surface area (TPSA) is 131 Å². The van der Waals surface area contributed by atoms with Gasteiger partial charge >= 0.3 is 6.15 Å². The number of aromatic nitrogens is 3. The van der Waals surface area contributed by atoms with E-state index in [1.54, 1.807) is 12.1 Å². The second-order valence-electron chi connectivity index (χ2n) is 3.17. The molecule has 0 aliphatic rings. The summed E-state index contributed by atoms with van der Waals surface area (Å²) >= 11 is 0. The molecule has 0 aliphatic heterocycles. The summed E-state index contributed by atoms with van der Waals surface area (Å²) < 4.78 is 30.4. The van der Waals surface area contributed by atoms with Gasteiger partial charge in [-0.2, -0.15) is 19.9 Å². The summed E-state index contributed by atoms with van der Waals surface area (Å²) in [5.41, 5.74) is 0. The molecule has 0 fully saturated rings. The van der Waals surface area contributed by atoms with Crippen molar-refractivity contribution >= 4 is 16.2 Å². The molecule has 20 heavy (non-hydrogen) atoms. The SMILES string of the molecule is CNS(=O)(=O)c1ccc(Oc2cn[nH]n2)cc1.O=C=O. The van der Waals surface area contributed by atoms with Crippen LogP contribution in [-0.2, 0) is 19.6 Å². The minimum Gasteiger partial charge on any atom is -0.436 e. The van der Waals surface area contributed by atoms with Crippen LogP contribution in [0.1, 0.15) is 0 Å². The first-order valence-corrected chi connectivity index (χ1v) is 6.58. The van der Waals surface area contributed by atoms with Crippen LogP contribution in [0, 0.1) is 0 Å². The van der Waals surface area contributed by atoms with Crippen molar-refractivity contribution in [3.63, 3.8) is 0 Å². The van der Waals surface area contributed by atoms with Gasteiger partial charge in [0, 0.05) is 0 Å². The lowest BCUT2D eigenvalue weighted by Gasteiger charge is -2.04. The lowest BCUT2D eigenvalue weighted by atomic mass is 10.3. The Bertz CT molecular complexity index is 660. The highest BCUT2D eigenvalue weighted by molar-refractivity contribution is 7.89. The predicted molar refractivity (Wildman–Crippen MR) is 64.2 cm³/mol. The first kappa shape index (κ1) is 15.5. The maximum absolute atomic E-state index is 11.4.